The first kappa shape index (κ1) is 18.6. The summed E-state index contributed by atoms with van der Waals surface area (Å²) in [5.41, 5.74) is 4.65. The Labute approximate surface area is 168 Å². The van der Waals surface area contributed by atoms with Gasteiger partial charge in [-0.2, -0.15) is 0 Å². The molecule has 2 heterocycles. The van der Waals surface area contributed by atoms with Crippen molar-refractivity contribution in [3.05, 3.63) is 89.5 Å². The second kappa shape index (κ2) is 8.10. The molecule has 2 aromatic carbocycles. The summed E-state index contributed by atoms with van der Waals surface area (Å²) in [4.78, 5) is 12.8. The summed E-state index contributed by atoms with van der Waals surface area (Å²) in [6, 6.07) is 19.4. The van der Waals surface area contributed by atoms with E-state index in [0.29, 0.717) is 11.3 Å². The maximum absolute atomic E-state index is 12.8. The first-order chi connectivity index (χ1) is 14.1. The number of ketones is 1. The van der Waals surface area contributed by atoms with Crippen LogP contribution in [0.1, 0.15) is 27.3 Å². The minimum atomic E-state index is -0.0507. The van der Waals surface area contributed by atoms with Crippen LogP contribution in [-0.4, -0.2) is 37.2 Å². The number of rotatable bonds is 7. The molecule has 0 fully saturated rings. The summed E-state index contributed by atoms with van der Waals surface area (Å²) in [6.07, 6.45) is 1.51. The van der Waals surface area contributed by atoms with Gasteiger partial charge < -0.3 is 9.30 Å². The Hall–Kier alpha value is -3.74. The van der Waals surface area contributed by atoms with E-state index in [9.17, 15) is 4.79 Å². The fraction of sp³-hybridized carbons (Fsp3) is 0.182. The molecule has 7 heteroatoms. The molecule has 0 aliphatic carbocycles. The summed E-state index contributed by atoms with van der Waals surface area (Å²) in [7, 11) is 0. The van der Waals surface area contributed by atoms with Crippen LogP contribution in [0.5, 0.6) is 5.75 Å². The van der Waals surface area contributed by atoms with Crippen LogP contribution in [0.4, 0.5) is 0 Å². The Balaban J connectivity index is 1.47. The molecule has 2 aromatic heterocycles. The third kappa shape index (κ3) is 4.08. The summed E-state index contributed by atoms with van der Waals surface area (Å²) < 4.78 is 9.43. The molecule has 0 aliphatic heterocycles. The molecule has 0 bridgehead atoms. The van der Waals surface area contributed by atoms with Crippen molar-refractivity contribution in [3.63, 3.8) is 0 Å². The SMILES string of the molecule is Cc1cc(C(=O)COc2cccc(-n3cnnn3)c2)c(C)n1Cc1ccccc1. The van der Waals surface area contributed by atoms with E-state index in [1.54, 1.807) is 12.1 Å². The normalized spacial score (nSPS) is 10.8. The zero-order valence-electron chi connectivity index (χ0n) is 16.3. The molecule has 4 aromatic rings. The predicted molar refractivity (Wildman–Crippen MR) is 108 cm³/mol. The lowest BCUT2D eigenvalue weighted by molar-refractivity contribution is 0.0920. The summed E-state index contributed by atoms with van der Waals surface area (Å²) >= 11 is 0. The van der Waals surface area contributed by atoms with Gasteiger partial charge in [-0.1, -0.05) is 36.4 Å². The molecular weight excluding hydrogens is 366 g/mol. The number of benzene rings is 2. The fourth-order valence-corrected chi connectivity index (χ4v) is 3.31. The van der Waals surface area contributed by atoms with Crippen LogP contribution in [0.2, 0.25) is 0 Å². The highest BCUT2D eigenvalue weighted by Crippen LogP contribution is 2.20. The minimum absolute atomic E-state index is 0.0330. The Kier molecular flexibility index (Phi) is 5.20. The third-order valence-corrected chi connectivity index (χ3v) is 4.86. The Morgan fingerprint density at radius 3 is 2.62 bits per heavy atom. The Morgan fingerprint density at radius 2 is 1.86 bits per heavy atom. The van der Waals surface area contributed by atoms with E-state index in [-0.39, 0.29) is 12.4 Å². The van der Waals surface area contributed by atoms with Crippen LogP contribution < -0.4 is 4.74 Å². The first-order valence-electron chi connectivity index (χ1n) is 9.32. The van der Waals surface area contributed by atoms with Crippen LogP contribution in [0, 0.1) is 13.8 Å². The molecule has 0 saturated carbocycles. The van der Waals surface area contributed by atoms with Crippen molar-refractivity contribution in [1.29, 1.82) is 0 Å². The maximum atomic E-state index is 12.8. The van der Waals surface area contributed by atoms with E-state index in [0.717, 1.165) is 23.6 Å². The smallest absolute Gasteiger partial charge is 0.202 e. The second-order valence-electron chi connectivity index (χ2n) is 6.82. The molecule has 0 radical (unpaired) electrons. The number of ether oxygens (including phenoxy) is 1. The minimum Gasteiger partial charge on any atom is -0.485 e. The molecule has 146 valence electrons. The molecule has 0 amide bonds. The van der Waals surface area contributed by atoms with E-state index in [1.807, 2.05) is 50.2 Å². The zero-order valence-corrected chi connectivity index (χ0v) is 16.3. The van der Waals surface area contributed by atoms with Crippen LogP contribution >= 0.6 is 0 Å². The van der Waals surface area contributed by atoms with Gasteiger partial charge in [-0.05, 0) is 48.0 Å². The van der Waals surface area contributed by atoms with Gasteiger partial charge in [-0.25, -0.2) is 4.68 Å². The van der Waals surface area contributed by atoms with Gasteiger partial charge in [0.05, 0.1) is 5.69 Å². The number of hydrogen-bond donors (Lipinski definition) is 0. The largest absolute Gasteiger partial charge is 0.485 e. The predicted octanol–water partition coefficient (Wildman–Crippen LogP) is 3.39. The molecule has 0 aliphatic rings. The lowest BCUT2D eigenvalue weighted by Gasteiger charge is -2.10. The number of carbonyl (C=O) groups is 1. The monoisotopic (exact) mass is 387 g/mol. The van der Waals surface area contributed by atoms with Crippen molar-refractivity contribution in [3.8, 4) is 11.4 Å². The van der Waals surface area contributed by atoms with Crippen LogP contribution in [0.25, 0.3) is 5.69 Å². The number of tetrazole rings is 1. The number of aromatic nitrogens is 5. The van der Waals surface area contributed by atoms with Gasteiger partial charge in [0.15, 0.2) is 6.61 Å². The van der Waals surface area contributed by atoms with E-state index in [1.165, 1.54) is 16.6 Å². The van der Waals surface area contributed by atoms with Gasteiger partial charge >= 0.3 is 0 Å². The second-order valence-corrected chi connectivity index (χ2v) is 6.82. The molecule has 7 nitrogen and oxygen atoms in total. The van der Waals surface area contributed by atoms with Gasteiger partial charge in [-0.3, -0.25) is 4.79 Å². The molecule has 0 N–H and O–H groups in total. The molecular formula is C22H21N5O2. The van der Waals surface area contributed by atoms with Crippen molar-refractivity contribution in [2.24, 2.45) is 0 Å². The lowest BCUT2D eigenvalue weighted by atomic mass is 10.1. The zero-order chi connectivity index (χ0) is 20.2. The molecule has 0 unspecified atom stereocenters. The van der Waals surface area contributed by atoms with Gasteiger partial charge in [0.1, 0.15) is 12.1 Å². The molecule has 4 rings (SSSR count). The molecule has 29 heavy (non-hydrogen) atoms. The number of aryl methyl sites for hydroxylation is 1. The summed E-state index contributed by atoms with van der Waals surface area (Å²) in [5, 5.41) is 11.1. The van der Waals surface area contributed by atoms with E-state index >= 15 is 0 Å². The van der Waals surface area contributed by atoms with Crippen LogP contribution in [0.3, 0.4) is 0 Å². The number of Topliss-reactive ketones (excluding diaryl/α,β-unsaturated/α-hetero) is 1. The molecule has 0 saturated heterocycles. The van der Waals surface area contributed by atoms with Crippen molar-refractivity contribution >= 4 is 5.78 Å². The van der Waals surface area contributed by atoms with Crippen molar-refractivity contribution in [2.75, 3.05) is 6.61 Å². The fourth-order valence-electron chi connectivity index (χ4n) is 3.31. The average molecular weight is 387 g/mol. The quantitative estimate of drug-likeness (QED) is 0.455. The van der Waals surface area contributed by atoms with Crippen LogP contribution in [-0.2, 0) is 6.54 Å². The van der Waals surface area contributed by atoms with E-state index in [4.69, 9.17) is 4.74 Å². The standard InChI is InChI=1S/C22H21N5O2/c1-16-11-21(17(2)26(16)13-18-7-4-3-5-8-18)22(28)14-29-20-10-6-9-19(12-20)27-15-23-24-25-27/h3-12,15H,13-14H2,1-2H3. The summed E-state index contributed by atoms with van der Waals surface area (Å²) in [6.45, 7) is 4.69. The first-order valence-corrected chi connectivity index (χ1v) is 9.32. The van der Waals surface area contributed by atoms with Gasteiger partial charge in [0.25, 0.3) is 0 Å². The number of carbonyl (C=O) groups excluding carboxylic acids is 1. The van der Waals surface area contributed by atoms with Crippen molar-refractivity contribution in [1.82, 2.24) is 24.8 Å². The summed E-state index contributed by atoms with van der Waals surface area (Å²) in [5.74, 6) is 0.537. The van der Waals surface area contributed by atoms with Crippen LogP contribution in [0.15, 0.2) is 67.0 Å². The number of nitrogens with zero attached hydrogens (tertiary/aromatic N) is 5. The van der Waals surface area contributed by atoms with Crippen molar-refractivity contribution in [2.45, 2.75) is 20.4 Å². The van der Waals surface area contributed by atoms with Gasteiger partial charge in [-0.15, -0.1) is 5.10 Å². The Morgan fingerprint density at radius 1 is 1.03 bits per heavy atom. The molecule has 0 spiro atoms. The van der Waals surface area contributed by atoms with E-state index in [2.05, 4.69) is 32.2 Å². The highest BCUT2D eigenvalue weighted by molar-refractivity contribution is 5.98. The van der Waals surface area contributed by atoms with Gasteiger partial charge in [0.2, 0.25) is 5.78 Å². The van der Waals surface area contributed by atoms with E-state index < -0.39 is 0 Å². The molecule has 0 atom stereocenters. The highest BCUT2D eigenvalue weighted by atomic mass is 16.5. The Bertz CT molecular complexity index is 1120. The van der Waals surface area contributed by atoms with Gasteiger partial charge in [0, 0.05) is 29.6 Å². The lowest BCUT2D eigenvalue weighted by Crippen LogP contribution is -2.13. The average Bonchev–Trinajstić information content (AvgIpc) is 3.38. The van der Waals surface area contributed by atoms with Crippen molar-refractivity contribution < 1.29 is 9.53 Å². The third-order valence-electron chi connectivity index (χ3n) is 4.86. The number of hydrogen-bond acceptors (Lipinski definition) is 5. The maximum Gasteiger partial charge on any atom is 0.202 e. The topological polar surface area (TPSA) is 74.8 Å². The highest BCUT2D eigenvalue weighted by Gasteiger charge is 2.16.